The van der Waals surface area contributed by atoms with Crippen molar-refractivity contribution in [1.82, 2.24) is 14.9 Å². The van der Waals surface area contributed by atoms with Gasteiger partial charge in [0.05, 0.1) is 25.1 Å². The zero-order valence-corrected chi connectivity index (χ0v) is 17.2. The number of nitrogens with one attached hydrogen (secondary N) is 1. The Balaban J connectivity index is 1.38. The van der Waals surface area contributed by atoms with Gasteiger partial charge in [0.2, 0.25) is 5.91 Å². The number of rotatable bonds is 6. The first-order chi connectivity index (χ1) is 14.6. The van der Waals surface area contributed by atoms with Crippen LogP contribution in [0.2, 0.25) is 0 Å². The van der Waals surface area contributed by atoms with Crippen molar-refractivity contribution < 1.29 is 14.3 Å². The van der Waals surface area contributed by atoms with Crippen LogP contribution in [0.3, 0.4) is 0 Å². The van der Waals surface area contributed by atoms with Gasteiger partial charge >= 0.3 is 0 Å². The number of carbonyl (C=O) groups excluding carboxylic acids is 1. The van der Waals surface area contributed by atoms with E-state index in [9.17, 15) is 9.59 Å². The summed E-state index contributed by atoms with van der Waals surface area (Å²) in [6, 6.07) is 11.2. The van der Waals surface area contributed by atoms with E-state index in [0.29, 0.717) is 60.6 Å². The predicted molar refractivity (Wildman–Crippen MR) is 114 cm³/mol. The maximum absolute atomic E-state index is 12.7. The number of hydrogen-bond acceptors (Lipinski definition) is 5. The molecule has 1 N–H and O–H groups in total. The van der Waals surface area contributed by atoms with Gasteiger partial charge in [-0.05, 0) is 48.2 Å². The predicted octanol–water partition coefficient (Wildman–Crippen LogP) is 2.85. The van der Waals surface area contributed by atoms with Gasteiger partial charge < -0.3 is 19.4 Å². The number of nitrogens with zero attached hydrogens (tertiary/aromatic N) is 2. The van der Waals surface area contributed by atoms with E-state index >= 15 is 0 Å². The van der Waals surface area contributed by atoms with E-state index < -0.39 is 0 Å². The summed E-state index contributed by atoms with van der Waals surface area (Å²) in [5.74, 6) is 2.12. The number of benzene rings is 2. The number of fused-ring (bicyclic) bond motifs is 2. The van der Waals surface area contributed by atoms with Crippen LogP contribution >= 0.6 is 0 Å². The van der Waals surface area contributed by atoms with E-state index in [-0.39, 0.29) is 11.5 Å². The van der Waals surface area contributed by atoms with Gasteiger partial charge in [0.15, 0.2) is 11.5 Å². The number of amides is 1. The average molecular weight is 407 g/mol. The second kappa shape index (κ2) is 8.57. The summed E-state index contributed by atoms with van der Waals surface area (Å²) in [7, 11) is 3.24. The number of aromatic amines is 1. The number of carbonyl (C=O) groups is 1. The molecule has 2 heterocycles. The first-order valence-electron chi connectivity index (χ1n) is 10.1. The van der Waals surface area contributed by atoms with Gasteiger partial charge in [-0.1, -0.05) is 12.1 Å². The Morgan fingerprint density at radius 2 is 1.87 bits per heavy atom. The van der Waals surface area contributed by atoms with Gasteiger partial charge in [0, 0.05) is 25.9 Å². The molecule has 7 heteroatoms. The Labute approximate surface area is 174 Å². The van der Waals surface area contributed by atoms with E-state index in [4.69, 9.17) is 9.47 Å². The van der Waals surface area contributed by atoms with E-state index in [1.165, 1.54) is 5.56 Å². The molecule has 0 radical (unpaired) electrons. The van der Waals surface area contributed by atoms with Crippen molar-refractivity contribution in [2.75, 3.05) is 20.8 Å². The molecule has 0 aliphatic carbocycles. The molecular weight excluding hydrogens is 382 g/mol. The fourth-order valence-electron chi connectivity index (χ4n) is 3.91. The highest BCUT2D eigenvalue weighted by molar-refractivity contribution is 5.77. The molecule has 0 saturated carbocycles. The van der Waals surface area contributed by atoms with Gasteiger partial charge in [0.25, 0.3) is 5.56 Å². The van der Waals surface area contributed by atoms with Gasteiger partial charge in [0.1, 0.15) is 5.82 Å². The SMILES string of the molecule is COc1cc2c(cc1OC)CN(C(=O)CCCc1nc3ccccc3c(=O)[nH]1)CC2. The highest BCUT2D eigenvalue weighted by Gasteiger charge is 2.22. The summed E-state index contributed by atoms with van der Waals surface area (Å²) in [5, 5.41) is 0.580. The van der Waals surface area contributed by atoms with Crippen LogP contribution in [-0.4, -0.2) is 41.5 Å². The van der Waals surface area contributed by atoms with Crippen LogP contribution < -0.4 is 15.0 Å². The van der Waals surface area contributed by atoms with Crippen molar-refractivity contribution in [1.29, 1.82) is 0 Å². The lowest BCUT2D eigenvalue weighted by Crippen LogP contribution is -2.35. The van der Waals surface area contributed by atoms with Crippen molar-refractivity contribution in [3.8, 4) is 11.5 Å². The Hall–Kier alpha value is -3.35. The van der Waals surface area contributed by atoms with Gasteiger partial charge in [-0.2, -0.15) is 0 Å². The number of ether oxygens (including phenoxy) is 2. The molecule has 0 unspecified atom stereocenters. The van der Waals surface area contributed by atoms with Crippen molar-refractivity contribution in [3.63, 3.8) is 0 Å². The summed E-state index contributed by atoms with van der Waals surface area (Å²) < 4.78 is 10.8. The van der Waals surface area contributed by atoms with Gasteiger partial charge in [-0.15, -0.1) is 0 Å². The molecule has 1 aromatic heterocycles. The lowest BCUT2D eigenvalue weighted by molar-refractivity contribution is -0.132. The summed E-state index contributed by atoms with van der Waals surface area (Å²) in [4.78, 5) is 34.1. The molecule has 2 aromatic carbocycles. The van der Waals surface area contributed by atoms with Crippen LogP contribution in [0.5, 0.6) is 11.5 Å². The maximum Gasteiger partial charge on any atom is 0.258 e. The Morgan fingerprint density at radius 1 is 1.13 bits per heavy atom. The number of aromatic nitrogens is 2. The van der Waals surface area contributed by atoms with Crippen LogP contribution in [0.1, 0.15) is 29.8 Å². The molecular formula is C23H25N3O4. The Morgan fingerprint density at radius 3 is 2.63 bits per heavy atom. The molecule has 1 aliphatic heterocycles. The molecule has 0 saturated heterocycles. The molecule has 3 aromatic rings. The lowest BCUT2D eigenvalue weighted by atomic mass is 9.98. The molecule has 0 atom stereocenters. The third-order valence-corrected chi connectivity index (χ3v) is 5.54. The summed E-state index contributed by atoms with van der Waals surface area (Å²) in [5.41, 5.74) is 2.82. The third kappa shape index (κ3) is 4.01. The topological polar surface area (TPSA) is 84.5 Å². The van der Waals surface area contributed by atoms with Gasteiger partial charge in [-0.3, -0.25) is 9.59 Å². The summed E-state index contributed by atoms with van der Waals surface area (Å²) >= 11 is 0. The minimum Gasteiger partial charge on any atom is -0.493 e. The number of methoxy groups -OCH3 is 2. The quantitative estimate of drug-likeness (QED) is 0.679. The normalized spacial score (nSPS) is 13.2. The minimum atomic E-state index is -0.140. The molecule has 1 aliphatic rings. The highest BCUT2D eigenvalue weighted by atomic mass is 16.5. The average Bonchev–Trinajstić information content (AvgIpc) is 2.77. The van der Waals surface area contributed by atoms with Crippen molar-refractivity contribution in [2.24, 2.45) is 0 Å². The smallest absolute Gasteiger partial charge is 0.258 e. The highest BCUT2D eigenvalue weighted by Crippen LogP contribution is 2.33. The molecule has 0 bridgehead atoms. The standard InChI is InChI=1S/C23H25N3O4/c1-29-19-12-15-10-11-26(14-16(15)13-20(19)30-2)22(27)9-5-8-21-24-18-7-4-3-6-17(18)23(28)25-21/h3-4,6-7,12-13H,5,8-11,14H2,1-2H3,(H,24,25,28). The second-order valence-electron chi connectivity index (χ2n) is 7.42. The Kier molecular flexibility index (Phi) is 5.70. The largest absolute Gasteiger partial charge is 0.493 e. The van der Waals surface area contributed by atoms with Crippen LogP contribution in [0.15, 0.2) is 41.2 Å². The van der Waals surface area contributed by atoms with Crippen LogP contribution in [-0.2, 0) is 24.2 Å². The van der Waals surface area contributed by atoms with Crippen LogP contribution in [0.25, 0.3) is 10.9 Å². The second-order valence-corrected chi connectivity index (χ2v) is 7.42. The zero-order chi connectivity index (χ0) is 21.1. The van der Waals surface area contributed by atoms with Crippen molar-refractivity contribution in [2.45, 2.75) is 32.2 Å². The molecule has 156 valence electrons. The maximum atomic E-state index is 12.7. The number of H-pyrrole nitrogens is 1. The van der Waals surface area contributed by atoms with E-state index in [1.807, 2.05) is 35.2 Å². The fraction of sp³-hybridized carbons (Fsp3) is 0.348. The molecule has 0 fully saturated rings. The first kappa shape index (κ1) is 19.9. The number of aryl methyl sites for hydroxylation is 1. The molecule has 30 heavy (non-hydrogen) atoms. The zero-order valence-electron chi connectivity index (χ0n) is 17.2. The summed E-state index contributed by atoms with van der Waals surface area (Å²) in [6.07, 6.45) is 2.40. The lowest BCUT2D eigenvalue weighted by Gasteiger charge is -2.29. The molecule has 4 rings (SSSR count). The van der Waals surface area contributed by atoms with E-state index in [0.717, 1.165) is 12.0 Å². The molecule has 7 nitrogen and oxygen atoms in total. The van der Waals surface area contributed by atoms with Crippen LogP contribution in [0, 0.1) is 0 Å². The van der Waals surface area contributed by atoms with Gasteiger partial charge in [-0.25, -0.2) is 4.98 Å². The van der Waals surface area contributed by atoms with Crippen molar-refractivity contribution >= 4 is 16.8 Å². The van der Waals surface area contributed by atoms with Crippen LogP contribution in [0.4, 0.5) is 0 Å². The number of para-hydroxylation sites is 1. The Bertz CT molecular complexity index is 1140. The minimum absolute atomic E-state index is 0.110. The third-order valence-electron chi connectivity index (χ3n) is 5.54. The fourth-order valence-corrected chi connectivity index (χ4v) is 3.91. The first-order valence-corrected chi connectivity index (χ1v) is 10.1. The van der Waals surface area contributed by atoms with E-state index in [2.05, 4.69) is 9.97 Å². The monoisotopic (exact) mass is 407 g/mol. The molecule has 1 amide bonds. The molecule has 0 spiro atoms. The van der Waals surface area contributed by atoms with E-state index in [1.54, 1.807) is 20.3 Å². The van der Waals surface area contributed by atoms with Crippen molar-refractivity contribution in [3.05, 3.63) is 63.7 Å². The number of hydrogen-bond donors (Lipinski definition) is 1. The summed E-state index contributed by atoms with van der Waals surface area (Å²) in [6.45, 7) is 1.26.